The van der Waals surface area contributed by atoms with E-state index in [0.29, 0.717) is 30.3 Å². The molecule has 8 heteroatoms. The van der Waals surface area contributed by atoms with Gasteiger partial charge in [0.05, 0.1) is 11.0 Å². The van der Waals surface area contributed by atoms with Crippen LogP contribution in [0.2, 0.25) is 0 Å². The molecule has 234 valence electrons. The van der Waals surface area contributed by atoms with E-state index in [4.69, 9.17) is 20.9 Å². The maximum Gasteiger partial charge on any atom is 0.253 e. The van der Waals surface area contributed by atoms with Gasteiger partial charge in [0.1, 0.15) is 5.82 Å². The number of nitrogens with zero attached hydrogens (tertiary/aromatic N) is 5. The molecule has 2 fully saturated rings. The van der Waals surface area contributed by atoms with Crippen molar-refractivity contribution >= 4 is 29.0 Å². The maximum atomic E-state index is 13.4. The van der Waals surface area contributed by atoms with Crippen LogP contribution >= 0.6 is 0 Å². The van der Waals surface area contributed by atoms with Crippen LogP contribution in [0.4, 0.5) is 0 Å². The van der Waals surface area contributed by atoms with Crippen LogP contribution in [-0.2, 0) is 5.41 Å². The van der Waals surface area contributed by atoms with Gasteiger partial charge in [-0.3, -0.25) is 9.79 Å². The number of carbonyl (C=O) groups excluding carboxylic acids is 1. The second kappa shape index (κ2) is 13.7. The zero-order valence-electron chi connectivity index (χ0n) is 26.2. The number of amides is 1. The van der Waals surface area contributed by atoms with Crippen LogP contribution in [0.1, 0.15) is 84.7 Å². The number of imidazole rings is 1. The van der Waals surface area contributed by atoms with Crippen LogP contribution in [-0.4, -0.2) is 57.2 Å². The Balaban J connectivity index is 1.13. The van der Waals surface area contributed by atoms with E-state index < -0.39 is 0 Å². The number of hydrogen-bond donors (Lipinski definition) is 2. The van der Waals surface area contributed by atoms with Gasteiger partial charge >= 0.3 is 0 Å². The molecular formula is C37H44N6O2. The molecule has 1 saturated heterocycles. The summed E-state index contributed by atoms with van der Waals surface area (Å²) in [5, 5.41) is 12.1. The minimum atomic E-state index is -0.0341. The highest BCUT2D eigenvalue weighted by atomic mass is 16.4. The van der Waals surface area contributed by atoms with E-state index in [0.717, 1.165) is 49.5 Å². The van der Waals surface area contributed by atoms with Crippen molar-refractivity contribution in [3.8, 4) is 0 Å². The molecule has 8 nitrogen and oxygen atoms in total. The number of nitrogens with two attached hydrogens (primary N) is 1. The number of rotatable bonds is 11. The van der Waals surface area contributed by atoms with Gasteiger partial charge in [-0.25, -0.2) is 4.98 Å². The summed E-state index contributed by atoms with van der Waals surface area (Å²) >= 11 is 0. The third-order valence-electron chi connectivity index (χ3n) is 10.1. The largest absolute Gasteiger partial charge is 0.409 e. The van der Waals surface area contributed by atoms with Crippen LogP contribution in [0.25, 0.3) is 11.0 Å². The summed E-state index contributed by atoms with van der Waals surface area (Å²) in [5.41, 5.74) is 10.4. The van der Waals surface area contributed by atoms with E-state index >= 15 is 0 Å². The zero-order valence-corrected chi connectivity index (χ0v) is 26.2. The van der Waals surface area contributed by atoms with Crippen molar-refractivity contribution < 1.29 is 10.0 Å². The number of fused-ring (bicyclic) bond motifs is 1. The zero-order chi connectivity index (χ0) is 31.2. The van der Waals surface area contributed by atoms with Gasteiger partial charge in [0.25, 0.3) is 5.91 Å². The first kappa shape index (κ1) is 30.6. The van der Waals surface area contributed by atoms with Crippen molar-refractivity contribution in [2.75, 3.05) is 19.6 Å². The molecule has 45 heavy (non-hydrogen) atoms. The van der Waals surface area contributed by atoms with Crippen molar-refractivity contribution in [3.05, 3.63) is 101 Å². The van der Waals surface area contributed by atoms with Crippen molar-refractivity contribution in [2.24, 2.45) is 21.8 Å². The summed E-state index contributed by atoms with van der Waals surface area (Å²) in [6, 6.07) is 26.5. The topological polar surface area (TPSA) is 109 Å². The summed E-state index contributed by atoms with van der Waals surface area (Å²) in [6.45, 7) is 4.22. The Kier molecular flexibility index (Phi) is 9.29. The van der Waals surface area contributed by atoms with E-state index in [2.05, 4.69) is 77.5 Å². The van der Waals surface area contributed by atoms with Gasteiger partial charge in [-0.2, -0.15) is 0 Å². The van der Waals surface area contributed by atoms with Gasteiger partial charge in [-0.05, 0) is 68.4 Å². The van der Waals surface area contributed by atoms with Crippen LogP contribution in [0.15, 0.2) is 89.0 Å². The van der Waals surface area contributed by atoms with Crippen molar-refractivity contribution in [3.63, 3.8) is 0 Å². The van der Waals surface area contributed by atoms with Crippen molar-refractivity contribution in [1.82, 2.24) is 14.5 Å². The fourth-order valence-electron chi connectivity index (χ4n) is 7.28. The monoisotopic (exact) mass is 604 g/mol. The smallest absolute Gasteiger partial charge is 0.253 e. The van der Waals surface area contributed by atoms with Crippen LogP contribution < -0.4 is 5.73 Å². The molecule has 6 rings (SSSR count). The van der Waals surface area contributed by atoms with Crippen LogP contribution in [0.3, 0.4) is 0 Å². The number of likely N-dealkylation sites (tertiary alicyclic amines) is 1. The van der Waals surface area contributed by atoms with Gasteiger partial charge in [0.2, 0.25) is 0 Å². The van der Waals surface area contributed by atoms with Crippen molar-refractivity contribution in [2.45, 2.75) is 69.7 Å². The molecule has 0 unspecified atom stereocenters. The highest BCUT2D eigenvalue weighted by Crippen LogP contribution is 2.40. The average molecular weight is 605 g/mol. The summed E-state index contributed by atoms with van der Waals surface area (Å²) in [6.07, 6.45) is 10.9. The highest BCUT2D eigenvalue weighted by Gasteiger charge is 2.37. The Bertz CT molecular complexity index is 1660. The van der Waals surface area contributed by atoms with E-state index in [9.17, 15) is 4.79 Å². The molecule has 0 radical (unpaired) electrons. The summed E-state index contributed by atoms with van der Waals surface area (Å²) < 4.78 is 2.44. The summed E-state index contributed by atoms with van der Waals surface area (Å²) in [4.78, 5) is 25.2. The second-order valence-electron chi connectivity index (χ2n) is 12.8. The Labute approximate surface area is 265 Å². The van der Waals surface area contributed by atoms with Gasteiger partial charge in [-0.1, -0.05) is 79.0 Å². The third kappa shape index (κ3) is 6.65. The first-order chi connectivity index (χ1) is 22.0. The highest BCUT2D eigenvalue weighted by molar-refractivity contribution is 6.01. The second-order valence-corrected chi connectivity index (χ2v) is 12.8. The molecule has 1 amide bonds. The first-order valence-corrected chi connectivity index (χ1v) is 16.3. The molecule has 1 aromatic heterocycles. The number of hydrogen-bond acceptors (Lipinski definition) is 5. The number of piperidine rings is 1. The van der Waals surface area contributed by atoms with Gasteiger partial charge < -0.3 is 20.4 Å². The molecule has 3 N–H and O–H groups in total. The Hall–Kier alpha value is -4.46. The average Bonchev–Trinajstić information content (AvgIpc) is 3.40. The maximum absolute atomic E-state index is 13.4. The van der Waals surface area contributed by atoms with E-state index in [1.807, 2.05) is 4.90 Å². The third-order valence-corrected chi connectivity index (χ3v) is 10.1. The summed E-state index contributed by atoms with van der Waals surface area (Å²) in [5.74, 6) is 1.84. The van der Waals surface area contributed by atoms with E-state index in [-0.39, 0.29) is 17.2 Å². The molecule has 1 atom stereocenters. The number of aryl methyl sites for hydroxylation is 1. The molecule has 1 saturated carbocycles. The van der Waals surface area contributed by atoms with Gasteiger partial charge in [0, 0.05) is 54.9 Å². The first-order valence-electron chi connectivity index (χ1n) is 16.3. The molecule has 2 heterocycles. The number of aliphatic imine (C=N–C) groups is 1. The predicted molar refractivity (Wildman–Crippen MR) is 180 cm³/mol. The number of amidine groups is 1. The van der Waals surface area contributed by atoms with Gasteiger partial charge in [0.15, 0.2) is 5.84 Å². The molecule has 2 aliphatic rings. The lowest BCUT2D eigenvalue weighted by Gasteiger charge is -2.42. The molecule has 3 aromatic carbocycles. The number of carbonyl (C=O) groups is 1. The Morgan fingerprint density at radius 1 is 1.04 bits per heavy atom. The Morgan fingerprint density at radius 2 is 1.78 bits per heavy atom. The van der Waals surface area contributed by atoms with Gasteiger partial charge in [-0.15, -0.1) is 0 Å². The minimum Gasteiger partial charge on any atom is -0.409 e. The standard InChI is InChI=1S/C37H44N6O2/c1-27-40-33-15-5-6-16-34(33)43(27)32(25-28-9-7-10-28)17-21-39-22-18-37(31-13-3-2-4-14-31)19-23-42(24-20-37)36(44)30-12-8-11-29(26-30)35(38)41-45/h2-6,8,11-16,21,26,28,32,45H,7,9-10,17-20,22-25H2,1H3,(H2,38,41)/t32-/m0/s1. The normalized spacial score (nSPS) is 17.9. The molecule has 0 spiro atoms. The molecule has 0 bridgehead atoms. The predicted octanol–water partition coefficient (Wildman–Crippen LogP) is 6.90. The fraction of sp³-hybridized carbons (Fsp3) is 0.405. The number of benzene rings is 3. The number of oxime groups is 1. The van der Waals surface area contributed by atoms with Crippen LogP contribution in [0, 0.1) is 12.8 Å². The molecular weight excluding hydrogens is 560 g/mol. The Morgan fingerprint density at radius 3 is 2.51 bits per heavy atom. The molecule has 4 aromatic rings. The molecule has 1 aliphatic heterocycles. The summed E-state index contributed by atoms with van der Waals surface area (Å²) in [7, 11) is 0. The number of aromatic nitrogens is 2. The number of para-hydroxylation sites is 2. The van der Waals surface area contributed by atoms with Crippen molar-refractivity contribution in [1.29, 1.82) is 0 Å². The van der Waals surface area contributed by atoms with Crippen LogP contribution in [0.5, 0.6) is 0 Å². The fourth-order valence-corrected chi connectivity index (χ4v) is 7.28. The lowest BCUT2D eigenvalue weighted by Crippen LogP contribution is -2.45. The van der Waals surface area contributed by atoms with E-state index in [1.54, 1.807) is 24.3 Å². The molecule has 1 aliphatic carbocycles. The SMILES string of the molecule is Cc1nc2ccccc2n1[C@@H](CC=NCCC1(c2ccccc2)CCN(C(=O)c2cccc(/C(N)=N/O)c2)CC1)CC1CCC1. The minimum absolute atomic E-state index is 0.00480. The quantitative estimate of drug-likeness (QED) is 0.0840. The van der Waals surface area contributed by atoms with E-state index in [1.165, 1.54) is 36.8 Å². The lowest BCUT2D eigenvalue weighted by molar-refractivity contribution is 0.0660. The lowest BCUT2D eigenvalue weighted by atomic mass is 9.70.